The molecule has 4 heteroatoms. The number of oxime groups is 1. The second kappa shape index (κ2) is 3.31. The van der Waals surface area contributed by atoms with Gasteiger partial charge in [-0.1, -0.05) is 11.2 Å². The summed E-state index contributed by atoms with van der Waals surface area (Å²) in [5.41, 5.74) is 0.622. The Kier molecular flexibility index (Phi) is 2.39. The van der Waals surface area contributed by atoms with Crippen LogP contribution < -0.4 is 0 Å². The van der Waals surface area contributed by atoms with Gasteiger partial charge in [0.2, 0.25) is 0 Å². The minimum absolute atomic E-state index is 0.622. The molecule has 0 saturated heterocycles. The molecule has 52 valence electrons. The second-order valence-corrected chi connectivity index (χ2v) is 2.44. The zero-order chi connectivity index (χ0) is 7.40. The lowest BCUT2D eigenvalue weighted by Crippen LogP contribution is -1.85. The van der Waals surface area contributed by atoms with Gasteiger partial charge in [0.1, 0.15) is 4.60 Å². The molecular weight excluding hydrogens is 196 g/mol. The second-order valence-electron chi connectivity index (χ2n) is 1.63. The molecule has 0 amide bonds. The van der Waals surface area contributed by atoms with Crippen molar-refractivity contribution in [3.8, 4) is 0 Å². The molecule has 1 N–H and O–H groups in total. The Morgan fingerprint density at radius 1 is 1.60 bits per heavy atom. The summed E-state index contributed by atoms with van der Waals surface area (Å²) in [5.74, 6) is 0. The van der Waals surface area contributed by atoms with E-state index in [9.17, 15) is 0 Å². The highest BCUT2D eigenvalue weighted by atomic mass is 79.9. The van der Waals surface area contributed by atoms with Crippen LogP contribution in [0.15, 0.2) is 28.0 Å². The molecule has 3 nitrogen and oxygen atoms in total. The van der Waals surface area contributed by atoms with Gasteiger partial charge < -0.3 is 5.21 Å². The van der Waals surface area contributed by atoms with E-state index in [1.807, 2.05) is 6.07 Å². The Hall–Kier alpha value is -0.900. The molecule has 0 bridgehead atoms. The third-order valence-electron chi connectivity index (χ3n) is 0.927. The first-order valence-corrected chi connectivity index (χ1v) is 3.42. The molecule has 0 aliphatic carbocycles. The van der Waals surface area contributed by atoms with Crippen LogP contribution in [0.25, 0.3) is 0 Å². The zero-order valence-corrected chi connectivity index (χ0v) is 6.62. The molecule has 1 aromatic heterocycles. The summed E-state index contributed by atoms with van der Waals surface area (Å²) < 4.78 is 0.727. The first kappa shape index (κ1) is 7.21. The van der Waals surface area contributed by atoms with E-state index in [1.165, 1.54) is 6.21 Å². The van der Waals surface area contributed by atoms with Crippen LogP contribution in [0, 0.1) is 0 Å². The van der Waals surface area contributed by atoms with Crippen molar-refractivity contribution in [2.45, 2.75) is 0 Å². The molecule has 1 aromatic rings. The largest absolute Gasteiger partial charge is 0.411 e. The van der Waals surface area contributed by atoms with Crippen molar-refractivity contribution in [3.63, 3.8) is 0 Å². The summed E-state index contributed by atoms with van der Waals surface area (Å²) in [6.07, 6.45) is 1.27. The highest BCUT2D eigenvalue weighted by Gasteiger charge is 1.89. The minimum atomic E-state index is 0.622. The van der Waals surface area contributed by atoms with E-state index in [4.69, 9.17) is 5.21 Å². The molecule has 0 aliphatic heterocycles. The Balaban J connectivity index is 2.95. The number of halogens is 1. The molecule has 0 aliphatic rings. The lowest BCUT2D eigenvalue weighted by atomic mass is 10.4. The average Bonchev–Trinajstić information content (AvgIpc) is 1.88. The third-order valence-corrected chi connectivity index (χ3v) is 1.37. The maximum atomic E-state index is 8.12. The average molecular weight is 201 g/mol. The van der Waals surface area contributed by atoms with E-state index in [1.54, 1.807) is 12.1 Å². The monoisotopic (exact) mass is 200 g/mol. The van der Waals surface area contributed by atoms with Gasteiger partial charge in [-0.15, -0.1) is 0 Å². The molecular formula is C6H5BrN2O. The Morgan fingerprint density at radius 3 is 3.00 bits per heavy atom. The molecule has 1 rings (SSSR count). The minimum Gasteiger partial charge on any atom is -0.411 e. The van der Waals surface area contributed by atoms with Crippen LogP contribution in [0.4, 0.5) is 0 Å². The van der Waals surface area contributed by atoms with Gasteiger partial charge in [-0.05, 0) is 28.1 Å². The Bertz CT molecular complexity index is 249. The zero-order valence-electron chi connectivity index (χ0n) is 5.03. The lowest BCUT2D eigenvalue weighted by molar-refractivity contribution is 0.321. The van der Waals surface area contributed by atoms with E-state index in [0.29, 0.717) is 5.69 Å². The van der Waals surface area contributed by atoms with Gasteiger partial charge in [0.15, 0.2) is 0 Å². The van der Waals surface area contributed by atoms with E-state index in [0.717, 1.165) is 4.60 Å². The molecule has 0 atom stereocenters. The predicted molar refractivity (Wildman–Crippen MR) is 41.3 cm³/mol. The smallest absolute Gasteiger partial charge is 0.106 e. The maximum absolute atomic E-state index is 8.12. The molecule has 0 aromatic carbocycles. The van der Waals surface area contributed by atoms with Gasteiger partial charge in [0.25, 0.3) is 0 Å². The molecule has 10 heavy (non-hydrogen) atoms. The van der Waals surface area contributed by atoms with Crippen molar-refractivity contribution in [3.05, 3.63) is 28.5 Å². The highest BCUT2D eigenvalue weighted by molar-refractivity contribution is 9.10. The van der Waals surface area contributed by atoms with E-state index < -0.39 is 0 Å². The fraction of sp³-hybridized carbons (Fsp3) is 0. The fourth-order valence-corrected chi connectivity index (χ4v) is 0.912. The van der Waals surface area contributed by atoms with Gasteiger partial charge in [0, 0.05) is 0 Å². The van der Waals surface area contributed by atoms with E-state index in [-0.39, 0.29) is 0 Å². The Morgan fingerprint density at radius 2 is 2.40 bits per heavy atom. The topological polar surface area (TPSA) is 45.5 Å². The van der Waals surface area contributed by atoms with Gasteiger partial charge in [0.05, 0.1) is 11.9 Å². The number of aromatic nitrogens is 1. The van der Waals surface area contributed by atoms with Crippen molar-refractivity contribution in [1.29, 1.82) is 0 Å². The molecule has 0 saturated carbocycles. The summed E-state index contributed by atoms with van der Waals surface area (Å²) in [6, 6.07) is 5.35. The number of pyridine rings is 1. The van der Waals surface area contributed by atoms with Gasteiger partial charge >= 0.3 is 0 Å². The normalized spacial score (nSPS) is 10.5. The van der Waals surface area contributed by atoms with E-state index in [2.05, 4.69) is 26.1 Å². The third kappa shape index (κ3) is 1.80. The number of nitrogens with zero attached hydrogens (tertiary/aromatic N) is 2. The molecule has 1 heterocycles. The van der Waals surface area contributed by atoms with Gasteiger partial charge in [-0.3, -0.25) is 0 Å². The summed E-state index contributed by atoms with van der Waals surface area (Å²) in [5, 5.41) is 11.0. The van der Waals surface area contributed by atoms with Crippen LogP contribution in [-0.4, -0.2) is 16.4 Å². The summed E-state index contributed by atoms with van der Waals surface area (Å²) in [7, 11) is 0. The SMILES string of the molecule is O/N=C\c1cccc(Br)n1. The van der Waals surface area contributed by atoms with Crippen LogP contribution in [-0.2, 0) is 0 Å². The molecule has 0 fully saturated rings. The quantitative estimate of drug-likeness (QED) is 0.325. The van der Waals surface area contributed by atoms with Gasteiger partial charge in [-0.25, -0.2) is 4.98 Å². The number of hydrogen-bond donors (Lipinski definition) is 1. The van der Waals surface area contributed by atoms with Crippen molar-refractivity contribution in [1.82, 2.24) is 4.98 Å². The van der Waals surface area contributed by atoms with Crippen LogP contribution in [0.3, 0.4) is 0 Å². The van der Waals surface area contributed by atoms with Gasteiger partial charge in [-0.2, -0.15) is 0 Å². The molecule has 0 spiro atoms. The van der Waals surface area contributed by atoms with Crippen LogP contribution in [0.5, 0.6) is 0 Å². The van der Waals surface area contributed by atoms with Crippen molar-refractivity contribution in [2.75, 3.05) is 0 Å². The van der Waals surface area contributed by atoms with Crippen molar-refractivity contribution >= 4 is 22.1 Å². The fourth-order valence-electron chi connectivity index (χ4n) is 0.555. The van der Waals surface area contributed by atoms with Crippen LogP contribution in [0.1, 0.15) is 5.69 Å². The molecule has 0 radical (unpaired) electrons. The predicted octanol–water partition coefficient (Wildman–Crippen LogP) is 1.65. The lowest BCUT2D eigenvalue weighted by Gasteiger charge is -1.89. The maximum Gasteiger partial charge on any atom is 0.106 e. The van der Waals surface area contributed by atoms with Crippen LogP contribution in [0.2, 0.25) is 0 Å². The summed E-state index contributed by atoms with van der Waals surface area (Å²) in [6.45, 7) is 0. The summed E-state index contributed by atoms with van der Waals surface area (Å²) >= 11 is 3.18. The highest BCUT2D eigenvalue weighted by Crippen LogP contribution is 2.04. The van der Waals surface area contributed by atoms with Crippen molar-refractivity contribution in [2.24, 2.45) is 5.16 Å². The molecule has 0 unspecified atom stereocenters. The number of rotatable bonds is 1. The Labute approximate surface area is 66.5 Å². The van der Waals surface area contributed by atoms with Crippen LogP contribution >= 0.6 is 15.9 Å². The summed E-state index contributed by atoms with van der Waals surface area (Å²) in [4.78, 5) is 3.97. The first-order chi connectivity index (χ1) is 4.83. The first-order valence-electron chi connectivity index (χ1n) is 2.63. The van der Waals surface area contributed by atoms with E-state index >= 15 is 0 Å². The standard InChI is InChI=1S/C6H5BrN2O/c7-6-3-1-2-5(9-6)4-8-10/h1-4,10H/b8-4-. The number of hydrogen-bond acceptors (Lipinski definition) is 3. The van der Waals surface area contributed by atoms with Crippen molar-refractivity contribution < 1.29 is 5.21 Å².